The number of aliphatic hydroxyl groups excluding tert-OH is 8. The molecule has 91 heavy (non-hydrogen) atoms. The third-order valence-electron chi connectivity index (χ3n) is 18.8. The molecule has 14 heteroatoms. The molecule has 2 aliphatic heterocycles. The smallest absolute Gasteiger partial charge is 0.220 e. The van der Waals surface area contributed by atoms with Gasteiger partial charge in [-0.25, -0.2) is 0 Å². The predicted molar refractivity (Wildman–Crippen MR) is 374 cm³/mol. The van der Waals surface area contributed by atoms with Gasteiger partial charge >= 0.3 is 0 Å². The second-order valence-corrected chi connectivity index (χ2v) is 27.1. The molecule has 0 spiro atoms. The summed E-state index contributed by atoms with van der Waals surface area (Å²) in [6.07, 6.45) is 64.6. The van der Waals surface area contributed by atoms with Crippen LogP contribution in [0, 0.1) is 0 Å². The number of carbonyl (C=O) groups excluding carboxylic acids is 1. The first-order valence-corrected chi connectivity index (χ1v) is 38.4. The Hall–Kier alpha value is -2.05. The van der Waals surface area contributed by atoms with Crippen molar-refractivity contribution < 1.29 is 64.6 Å². The quantitative estimate of drug-likeness (QED) is 0.0204. The van der Waals surface area contributed by atoms with Crippen molar-refractivity contribution in [3.05, 3.63) is 48.6 Å². The molecule has 2 fully saturated rings. The van der Waals surface area contributed by atoms with E-state index in [2.05, 4.69) is 55.6 Å². The molecule has 2 heterocycles. The summed E-state index contributed by atoms with van der Waals surface area (Å²) in [5.74, 6) is -0.233. The molecule has 12 atom stereocenters. The molecule has 2 aliphatic rings. The Bertz CT molecular complexity index is 1710. The number of ether oxygens (including phenoxy) is 4. The summed E-state index contributed by atoms with van der Waals surface area (Å²) >= 11 is 0. The number of allylic oxidation sites excluding steroid dienone is 7. The van der Waals surface area contributed by atoms with Crippen LogP contribution in [0.2, 0.25) is 0 Å². The molecular weight excluding hydrogens is 1150 g/mol. The molecule has 0 aliphatic carbocycles. The average molecular weight is 1290 g/mol. The number of carbonyl (C=O) groups is 1. The van der Waals surface area contributed by atoms with E-state index in [1.165, 1.54) is 263 Å². The summed E-state index contributed by atoms with van der Waals surface area (Å²) in [6.45, 7) is 2.84. The Morgan fingerprint density at radius 1 is 0.396 bits per heavy atom. The van der Waals surface area contributed by atoms with Gasteiger partial charge < -0.3 is 65.1 Å². The average Bonchev–Trinajstić information content (AvgIpc) is 0.888. The van der Waals surface area contributed by atoms with Gasteiger partial charge in [0, 0.05) is 6.42 Å². The molecule has 534 valence electrons. The lowest BCUT2D eigenvalue weighted by Crippen LogP contribution is -2.65. The van der Waals surface area contributed by atoms with E-state index in [1.54, 1.807) is 6.08 Å². The van der Waals surface area contributed by atoms with Crippen LogP contribution in [0.25, 0.3) is 0 Å². The molecule has 0 aromatic carbocycles. The van der Waals surface area contributed by atoms with Crippen LogP contribution in [0.4, 0.5) is 0 Å². The maximum atomic E-state index is 13.4. The van der Waals surface area contributed by atoms with E-state index >= 15 is 0 Å². The standard InChI is InChI=1S/C77H143NO13/c1-3-5-7-9-11-13-15-17-19-21-23-25-27-28-29-30-31-32-33-34-35-36-37-38-39-41-43-45-47-49-51-53-55-57-59-61-69(82)78-65(64-88-76-74(87)72(85)75(68(63-80)90-76)91-77-73(86)71(84)70(83)67(62-79)89-77)66(81)60-58-56-54-52-50-48-46-44-42-40-26-24-22-20-18-16-14-12-10-8-6-4-2/h15,17,21,23,27-28,58,60,65-68,70-77,79-81,83-87H,3-14,16,18-20,22,24-26,29-57,59,61-64H2,1-2H3,(H,78,82)/b17-15-,23-21-,28-27-,60-58+. The highest BCUT2D eigenvalue weighted by Crippen LogP contribution is 2.30. The van der Waals surface area contributed by atoms with Gasteiger partial charge in [-0.3, -0.25) is 4.79 Å². The van der Waals surface area contributed by atoms with E-state index in [-0.39, 0.29) is 18.9 Å². The van der Waals surface area contributed by atoms with Crippen LogP contribution >= 0.6 is 0 Å². The minimum atomic E-state index is -1.79. The number of hydrogen-bond acceptors (Lipinski definition) is 13. The molecule has 0 saturated carbocycles. The Balaban J connectivity index is 1.61. The van der Waals surface area contributed by atoms with Gasteiger partial charge in [0.25, 0.3) is 0 Å². The molecule has 1 amide bonds. The topological polar surface area (TPSA) is 228 Å². The van der Waals surface area contributed by atoms with Crippen LogP contribution in [-0.2, 0) is 23.7 Å². The van der Waals surface area contributed by atoms with E-state index < -0.39 is 86.8 Å². The van der Waals surface area contributed by atoms with Gasteiger partial charge in [0.05, 0.1) is 32.0 Å². The molecule has 12 unspecified atom stereocenters. The Morgan fingerprint density at radius 3 is 1.11 bits per heavy atom. The van der Waals surface area contributed by atoms with Crippen LogP contribution < -0.4 is 5.32 Å². The van der Waals surface area contributed by atoms with Gasteiger partial charge in [-0.05, 0) is 57.8 Å². The molecule has 0 radical (unpaired) electrons. The summed E-state index contributed by atoms with van der Waals surface area (Å²) in [4.78, 5) is 13.4. The van der Waals surface area contributed by atoms with Crippen LogP contribution in [0.15, 0.2) is 48.6 Å². The van der Waals surface area contributed by atoms with Crippen molar-refractivity contribution in [1.82, 2.24) is 5.32 Å². The summed E-state index contributed by atoms with van der Waals surface area (Å²) in [6, 6.07) is -0.915. The number of hydrogen-bond donors (Lipinski definition) is 9. The minimum Gasteiger partial charge on any atom is -0.394 e. The van der Waals surface area contributed by atoms with E-state index in [4.69, 9.17) is 18.9 Å². The molecule has 0 bridgehead atoms. The van der Waals surface area contributed by atoms with E-state index in [9.17, 15) is 45.6 Å². The Kier molecular flexibility index (Phi) is 57.5. The Morgan fingerprint density at radius 2 is 0.725 bits per heavy atom. The number of aliphatic hydroxyl groups is 8. The maximum Gasteiger partial charge on any atom is 0.220 e. The van der Waals surface area contributed by atoms with Gasteiger partial charge in [-0.2, -0.15) is 0 Å². The van der Waals surface area contributed by atoms with Gasteiger partial charge in [0.15, 0.2) is 12.6 Å². The van der Waals surface area contributed by atoms with Crippen molar-refractivity contribution in [3.8, 4) is 0 Å². The maximum absolute atomic E-state index is 13.4. The lowest BCUT2D eigenvalue weighted by Gasteiger charge is -2.46. The molecule has 14 nitrogen and oxygen atoms in total. The van der Waals surface area contributed by atoms with Gasteiger partial charge in [0.2, 0.25) is 5.91 Å². The zero-order chi connectivity index (χ0) is 65.9. The number of nitrogens with one attached hydrogen (secondary N) is 1. The fraction of sp³-hybridized carbons (Fsp3) is 0.883. The SMILES string of the molecule is CCCCCCC/C=C\C/C=C\C/C=C\CCCCCCCCCCCCCCCCCCCCCCC(=O)NC(COC1OC(CO)C(OC2OC(CO)C(O)C(O)C2O)C(O)C1O)C(O)/C=C/CCCCCCCCCCCCCCCCCCCCCC. The molecule has 0 aromatic heterocycles. The predicted octanol–water partition coefficient (Wildman–Crippen LogP) is 16.6. The summed E-state index contributed by atoms with van der Waals surface area (Å²) < 4.78 is 22.9. The van der Waals surface area contributed by atoms with Gasteiger partial charge in [0.1, 0.15) is 48.8 Å². The van der Waals surface area contributed by atoms with Crippen molar-refractivity contribution in [1.29, 1.82) is 0 Å². The monoisotopic (exact) mass is 1290 g/mol. The zero-order valence-electron chi connectivity index (χ0n) is 58.3. The largest absolute Gasteiger partial charge is 0.394 e. The third kappa shape index (κ3) is 45.2. The van der Waals surface area contributed by atoms with E-state index in [0.29, 0.717) is 6.42 Å². The highest BCUT2D eigenvalue weighted by Gasteiger charge is 2.51. The first-order chi connectivity index (χ1) is 44.6. The van der Waals surface area contributed by atoms with Crippen molar-refractivity contribution in [2.45, 2.75) is 415 Å². The normalized spacial score (nSPS) is 23.0. The summed E-state index contributed by atoms with van der Waals surface area (Å²) in [5, 5.41) is 87.6. The van der Waals surface area contributed by atoms with Crippen LogP contribution in [0.3, 0.4) is 0 Å². The Labute approximate surface area is 556 Å². The lowest BCUT2D eigenvalue weighted by atomic mass is 9.97. The fourth-order valence-corrected chi connectivity index (χ4v) is 12.7. The third-order valence-corrected chi connectivity index (χ3v) is 18.8. The van der Waals surface area contributed by atoms with E-state index in [0.717, 1.165) is 51.4 Å². The number of unbranched alkanes of at least 4 members (excludes halogenated alkanes) is 45. The summed E-state index contributed by atoms with van der Waals surface area (Å²) in [5.41, 5.74) is 0. The molecule has 2 rings (SSSR count). The molecule has 2 saturated heterocycles. The van der Waals surface area contributed by atoms with Crippen molar-refractivity contribution in [2.75, 3.05) is 19.8 Å². The van der Waals surface area contributed by atoms with E-state index in [1.807, 2.05) is 6.08 Å². The van der Waals surface area contributed by atoms with Gasteiger partial charge in [-0.15, -0.1) is 0 Å². The molecule has 0 aromatic rings. The van der Waals surface area contributed by atoms with Crippen LogP contribution in [-0.4, -0.2) is 140 Å². The first-order valence-electron chi connectivity index (χ1n) is 38.4. The lowest BCUT2D eigenvalue weighted by molar-refractivity contribution is -0.359. The zero-order valence-corrected chi connectivity index (χ0v) is 58.3. The van der Waals surface area contributed by atoms with Crippen molar-refractivity contribution in [2.24, 2.45) is 0 Å². The second-order valence-electron chi connectivity index (χ2n) is 27.1. The minimum absolute atomic E-state index is 0.233. The highest BCUT2D eigenvalue weighted by atomic mass is 16.7. The molecular formula is C77H143NO13. The van der Waals surface area contributed by atoms with Crippen molar-refractivity contribution in [3.63, 3.8) is 0 Å². The fourth-order valence-electron chi connectivity index (χ4n) is 12.7. The van der Waals surface area contributed by atoms with Crippen LogP contribution in [0.1, 0.15) is 341 Å². The highest BCUT2D eigenvalue weighted by molar-refractivity contribution is 5.76. The number of rotatable bonds is 64. The molecule has 9 N–H and O–H groups in total. The second kappa shape index (κ2) is 61.5. The first kappa shape index (κ1) is 85.0. The summed E-state index contributed by atoms with van der Waals surface area (Å²) in [7, 11) is 0. The van der Waals surface area contributed by atoms with Gasteiger partial charge in [-0.1, -0.05) is 326 Å². The van der Waals surface area contributed by atoms with Crippen molar-refractivity contribution >= 4 is 5.91 Å². The number of amides is 1. The van der Waals surface area contributed by atoms with Crippen LogP contribution in [0.5, 0.6) is 0 Å².